The van der Waals surface area contributed by atoms with Crippen molar-refractivity contribution in [1.82, 2.24) is 24.9 Å². The molecule has 0 bridgehead atoms. The van der Waals surface area contributed by atoms with Gasteiger partial charge in [0.05, 0.1) is 0 Å². The Labute approximate surface area is 209 Å². The van der Waals surface area contributed by atoms with Gasteiger partial charge in [-0.3, -0.25) is 0 Å². The largest absolute Gasteiger partial charge is 0.325 e. The second kappa shape index (κ2) is 10.5. The van der Waals surface area contributed by atoms with Gasteiger partial charge in [-0.15, -0.1) is 0 Å². The SMILES string of the molecule is CN(c1cccc(Nc2ccccn2)n1)c1cccc(N(C)c2cccc(Nc3ccccn3)n2)n1. The van der Waals surface area contributed by atoms with Crippen LogP contribution < -0.4 is 20.4 Å². The molecule has 2 N–H and O–H groups in total. The lowest BCUT2D eigenvalue weighted by atomic mass is 10.3. The Kier molecular flexibility index (Phi) is 6.61. The van der Waals surface area contributed by atoms with Gasteiger partial charge in [0, 0.05) is 26.5 Å². The van der Waals surface area contributed by atoms with Crippen molar-refractivity contribution in [3.8, 4) is 0 Å². The van der Waals surface area contributed by atoms with Crippen LogP contribution in [0.4, 0.5) is 46.5 Å². The summed E-state index contributed by atoms with van der Waals surface area (Å²) in [5.74, 6) is 5.89. The molecule has 178 valence electrons. The van der Waals surface area contributed by atoms with Gasteiger partial charge >= 0.3 is 0 Å². The number of rotatable bonds is 8. The summed E-state index contributed by atoms with van der Waals surface area (Å²) >= 11 is 0. The van der Waals surface area contributed by atoms with Gasteiger partial charge in [-0.05, 0) is 60.7 Å². The molecule has 0 amide bonds. The standard InChI is InChI=1S/C27H25N9/c1-35(24-14-7-12-22(32-24)30-20-10-3-5-18-28-20)26-16-9-17-27(34-26)36(2)25-15-8-13-23(33-25)31-21-11-4-6-19-29-21/h3-19H,1-2H3,(H,28,30,32)(H,29,31,33). The molecule has 0 aliphatic heterocycles. The predicted molar refractivity (Wildman–Crippen MR) is 144 cm³/mol. The molecule has 0 saturated heterocycles. The zero-order valence-corrected chi connectivity index (χ0v) is 19.9. The molecule has 9 nitrogen and oxygen atoms in total. The fourth-order valence-corrected chi connectivity index (χ4v) is 3.52. The van der Waals surface area contributed by atoms with Crippen LogP contribution in [0, 0.1) is 0 Å². The molecule has 0 aliphatic carbocycles. The van der Waals surface area contributed by atoms with E-state index in [1.807, 2.05) is 115 Å². The van der Waals surface area contributed by atoms with Gasteiger partial charge in [-0.1, -0.05) is 30.3 Å². The second-order valence-corrected chi connectivity index (χ2v) is 7.91. The Balaban J connectivity index is 1.34. The van der Waals surface area contributed by atoms with Crippen molar-refractivity contribution in [3.63, 3.8) is 0 Å². The van der Waals surface area contributed by atoms with E-state index in [9.17, 15) is 0 Å². The number of anilines is 8. The van der Waals surface area contributed by atoms with Crippen LogP contribution in [-0.2, 0) is 0 Å². The maximum absolute atomic E-state index is 4.86. The molecule has 0 aliphatic rings. The number of hydrogen-bond donors (Lipinski definition) is 2. The van der Waals surface area contributed by atoms with Gasteiger partial charge in [0.1, 0.15) is 46.5 Å². The zero-order valence-electron chi connectivity index (χ0n) is 19.9. The smallest absolute Gasteiger partial charge is 0.136 e. The summed E-state index contributed by atoms with van der Waals surface area (Å²) in [6, 6.07) is 28.9. The summed E-state index contributed by atoms with van der Waals surface area (Å²) in [4.78, 5) is 26.8. The Hall–Kier alpha value is -5.05. The molecule has 5 aromatic rings. The van der Waals surface area contributed by atoms with Gasteiger partial charge in [-0.25, -0.2) is 24.9 Å². The molecule has 0 aromatic carbocycles. The summed E-state index contributed by atoms with van der Waals surface area (Å²) in [6.45, 7) is 0. The summed E-state index contributed by atoms with van der Waals surface area (Å²) in [6.07, 6.45) is 3.48. The van der Waals surface area contributed by atoms with Crippen LogP contribution >= 0.6 is 0 Å². The van der Waals surface area contributed by atoms with Gasteiger partial charge in [0.2, 0.25) is 0 Å². The highest BCUT2D eigenvalue weighted by Crippen LogP contribution is 2.27. The maximum Gasteiger partial charge on any atom is 0.136 e. The Bertz CT molecular complexity index is 1320. The van der Waals surface area contributed by atoms with E-state index in [-0.39, 0.29) is 0 Å². The topological polar surface area (TPSA) is 95.0 Å². The molecule has 36 heavy (non-hydrogen) atoms. The molecule has 0 radical (unpaired) electrons. The highest BCUT2D eigenvalue weighted by Gasteiger charge is 2.13. The molecule has 0 saturated carbocycles. The van der Waals surface area contributed by atoms with Crippen molar-refractivity contribution in [3.05, 3.63) is 103 Å². The minimum atomic E-state index is 0.702. The normalized spacial score (nSPS) is 10.5. The number of aromatic nitrogens is 5. The average Bonchev–Trinajstić information content (AvgIpc) is 2.94. The van der Waals surface area contributed by atoms with Crippen molar-refractivity contribution >= 4 is 46.5 Å². The molecular weight excluding hydrogens is 450 g/mol. The third kappa shape index (κ3) is 5.36. The van der Waals surface area contributed by atoms with E-state index in [0.29, 0.717) is 11.6 Å². The van der Waals surface area contributed by atoms with Gasteiger partial charge in [0.25, 0.3) is 0 Å². The summed E-state index contributed by atoms with van der Waals surface area (Å²) < 4.78 is 0. The lowest BCUT2D eigenvalue weighted by molar-refractivity contribution is 1.04. The third-order valence-electron chi connectivity index (χ3n) is 5.41. The molecule has 5 rings (SSSR count). The van der Waals surface area contributed by atoms with E-state index in [0.717, 1.165) is 34.9 Å². The first kappa shape index (κ1) is 22.7. The molecule has 0 atom stereocenters. The van der Waals surface area contributed by atoms with E-state index in [2.05, 4.69) is 20.6 Å². The number of nitrogens with one attached hydrogen (secondary N) is 2. The van der Waals surface area contributed by atoms with Crippen molar-refractivity contribution in [2.24, 2.45) is 0 Å². The van der Waals surface area contributed by atoms with Gasteiger partial charge in [-0.2, -0.15) is 0 Å². The minimum absolute atomic E-state index is 0.702. The molecular formula is C27H25N9. The molecule has 5 heterocycles. The van der Waals surface area contributed by atoms with E-state index < -0.39 is 0 Å². The summed E-state index contributed by atoms with van der Waals surface area (Å²) in [7, 11) is 3.88. The maximum atomic E-state index is 4.86. The minimum Gasteiger partial charge on any atom is -0.325 e. The monoisotopic (exact) mass is 475 g/mol. The van der Waals surface area contributed by atoms with Gasteiger partial charge < -0.3 is 20.4 Å². The van der Waals surface area contributed by atoms with Crippen LogP contribution in [0.15, 0.2) is 103 Å². The molecule has 0 fully saturated rings. The van der Waals surface area contributed by atoms with Crippen molar-refractivity contribution in [2.75, 3.05) is 34.5 Å². The van der Waals surface area contributed by atoms with E-state index in [1.165, 1.54) is 0 Å². The zero-order chi connectivity index (χ0) is 24.7. The second-order valence-electron chi connectivity index (χ2n) is 7.91. The van der Waals surface area contributed by atoms with E-state index in [1.54, 1.807) is 12.4 Å². The fourth-order valence-electron chi connectivity index (χ4n) is 3.52. The van der Waals surface area contributed by atoms with Gasteiger partial charge in [0.15, 0.2) is 0 Å². The quantitative estimate of drug-likeness (QED) is 0.294. The van der Waals surface area contributed by atoms with Crippen LogP contribution in [0.5, 0.6) is 0 Å². The Morgan fingerprint density at radius 1 is 0.444 bits per heavy atom. The first-order valence-corrected chi connectivity index (χ1v) is 11.4. The van der Waals surface area contributed by atoms with Crippen LogP contribution in [-0.4, -0.2) is 39.0 Å². The molecule has 5 aromatic heterocycles. The number of pyridine rings is 5. The summed E-state index contributed by atoms with van der Waals surface area (Å²) in [5.41, 5.74) is 0. The molecule has 0 unspecified atom stereocenters. The van der Waals surface area contributed by atoms with Crippen LogP contribution in [0.2, 0.25) is 0 Å². The van der Waals surface area contributed by atoms with Crippen LogP contribution in [0.3, 0.4) is 0 Å². The molecule has 9 heteroatoms. The number of hydrogen-bond acceptors (Lipinski definition) is 9. The van der Waals surface area contributed by atoms with Crippen molar-refractivity contribution in [1.29, 1.82) is 0 Å². The highest BCUT2D eigenvalue weighted by atomic mass is 15.3. The predicted octanol–water partition coefficient (Wildman–Crippen LogP) is 5.68. The van der Waals surface area contributed by atoms with E-state index in [4.69, 9.17) is 15.0 Å². The highest BCUT2D eigenvalue weighted by molar-refractivity contribution is 5.64. The van der Waals surface area contributed by atoms with E-state index >= 15 is 0 Å². The third-order valence-corrected chi connectivity index (χ3v) is 5.41. The van der Waals surface area contributed by atoms with Crippen LogP contribution in [0.25, 0.3) is 0 Å². The lowest BCUT2D eigenvalue weighted by Gasteiger charge is -2.22. The van der Waals surface area contributed by atoms with Crippen LogP contribution in [0.1, 0.15) is 0 Å². The van der Waals surface area contributed by atoms with Crippen molar-refractivity contribution < 1.29 is 0 Å². The Morgan fingerprint density at radius 2 is 0.833 bits per heavy atom. The first-order chi connectivity index (χ1) is 17.7. The summed E-state index contributed by atoms with van der Waals surface area (Å²) in [5, 5.41) is 6.46. The lowest BCUT2D eigenvalue weighted by Crippen LogP contribution is -2.17. The molecule has 0 spiro atoms. The number of nitrogens with zero attached hydrogens (tertiary/aromatic N) is 7. The Morgan fingerprint density at radius 3 is 1.25 bits per heavy atom. The first-order valence-electron chi connectivity index (χ1n) is 11.4. The van der Waals surface area contributed by atoms with Crippen molar-refractivity contribution in [2.45, 2.75) is 0 Å². The average molecular weight is 476 g/mol. The fraction of sp³-hybridized carbons (Fsp3) is 0.0741.